The highest BCUT2D eigenvalue weighted by atomic mass is 19.4. The fourth-order valence-electron chi connectivity index (χ4n) is 1.52. The summed E-state index contributed by atoms with van der Waals surface area (Å²) in [6.07, 6.45) is -24.4. The monoisotopic (exact) mass is 414 g/mol. The highest BCUT2D eigenvalue weighted by Gasteiger charge is 2.99. The van der Waals surface area contributed by atoms with Gasteiger partial charge in [-0.15, -0.1) is 0 Å². The van der Waals surface area contributed by atoms with E-state index in [1.165, 1.54) is 0 Å². The number of halogens is 15. The van der Waals surface area contributed by atoms with Crippen LogP contribution in [0.25, 0.3) is 0 Å². The van der Waals surface area contributed by atoms with E-state index in [0.717, 1.165) is 0 Å². The van der Waals surface area contributed by atoms with Gasteiger partial charge in [-0.1, -0.05) is 0 Å². The van der Waals surface area contributed by atoms with E-state index in [-0.39, 0.29) is 0 Å². The zero-order valence-electron chi connectivity index (χ0n) is 10.5. The average Bonchev–Trinajstić information content (AvgIpc) is 2.31. The Labute approximate surface area is 125 Å². The molecule has 0 aromatic heterocycles. The van der Waals surface area contributed by atoms with E-state index in [1.807, 2.05) is 0 Å². The van der Waals surface area contributed by atoms with E-state index in [4.69, 9.17) is 5.11 Å². The molecule has 0 saturated heterocycles. The SMILES string of the molecule is O=C(O)C(F)(F)C(F)(C(F)(F)C(F)(F)F)C(F)(C(F)(F)F)C(F)(F)F. The van der Waals surface area contributed by atoms with Crippen molar-refractivity contribution in [3.63, 3.8) is 0 Å². The van der Waals surface area contributed by atoms with E-state index in [9.17, 15) is 70.7 Å². The van der Waals surface area contributed by atoms with Crippen LogP contribution in [0.5, 0.6) is 0 Å². The van der Waals surface area contributed by atoms with Crippen LogP contribution in [0.4, 0.5) is 65.9 Å². The Bertz CT molecular complexity index is 511. The molecule has 0 radical (unpaired) electrons. The second kappa shape index (κ2) is 5.46. The van der Waals surface area contributed by atoms with E-state index in [1.54, 1.807) is 0 Å². The van der Waals surface area contributed by atoms with Crippen molar-refractivity contribution in [1.82, 2.24) is 0 Å². The van der Waals surface area contributed by atoms with Gasteiger partial charge in [0.1, 0.15) is 0 Å². The molecule has 0 aromatic carbocycles. The van der Waals surface area contributed by atoms with Crippen molar-refractivity contribution in [2.24, 2.45) is 0 Å². The minimum atomic E-state index is -8.69. The van der Waals surface area contributed by atoms with Gasteiger partial charge in [0.25, 0.3) is 0 Å². The van der Waals surface area contributed by atoms with Gasteiger partial charge in [0, 0.05) is 0 Å². The van der Waals surface area contributed by atoms with Crippen LogP contribution in [0, 0.1) is 0 Å². The maximum absolute atomic E-state index is 13.7. The molecule has 0 aliphatic rings. The number of hydrogen-bond acceptors (Lipinski definition) is 1. The Balaban J connectivity index is 7.46. The summed E-state index contributed by atoms with van der Waals surface area (Å²) in [5, 5.41) is 7.71. The van der Waals surface area contributed by atoms with E-state index >= 15 is 0 Å². The second-order valence-corrected chi connectivity index (χ2v) is 4.26. The summed E-state index contributed by atoms with van der Waals surface area (Å²) in [6, 6.07) is 0. The van der Waals surface area contributed by atoms with Crippen molar-refractivity contribution in [3.05, 3.63) is 0 Å². The summed E-state index contributed by atoms with van der Waals surface area (Å²) < 4.78 is 188. The lowest BCUT2D eigenvalue weighted by atomic mass is 9.74. The third-order valence-electron chi connectivity index (χ3n) is 2.75. The lowest BCUT2D eigenvalue weighted by Gasteiger charge is -2.46. The number of aliphatic carboxylic acids is 1. The van der Waals surface area contributed by atoms with Gasteiger partial charge in [-0.3, -0.25) is 0 Å². The minimum absolute atomic E-state index is 4.64. The molecule has 1 unspecified atom stereocenters. The Morgan fingerprint density at radius 3 is 0.960 bits per heavy atom. The van der Waals surface area contributed by atoms with Crippen molar-refractivity contribution < 1.29 is 75.8 Å². The van der Waals surface area contributed by atoms with E-state index in [0.29, 0.717) is 0 Å². The topological polar surface area (TPSA) is 37.3 Å². The molecule has 0 heterocycles. The molecule has 0 aromatic rings. The third-order valence-corrected chi connectivity index (χ3v) is 2.75. The van der Waals surface area contributed by atoms with Gasteiger partial charge < -0.3 is 5.11 Å². The molecule has 0 bridgehead atoms. The predicted octanol–water partition coefficient (Wildman–Crippen LogP) is 4.45. The fraction of sp³-hybridized carbons (Fsp3) is 0.875. The summed E-state index contributed by atoms with van der Waals surface area (Å²) in [4.78, 5) is 9.95. The van der Waals surface area contributed by atoms with Gasteiger partial charge in [0.15, 0.2) is 0 Å². The molecule has 2 nitrogen and oxygen atoms in total. The molecule has 25 heavy (non-hydrogen) atoms. The Morgan fingerprint density at radius 2 is 0.800 bits per heavy atom. The van der Waals surface area contributed by atoms with Gasteiger partial charge in [-0.05, 0) is 0 Å². The molecule has 0 aliphatic carbocycles. The highest BCUT2D eigenvalue weighted by molar-refractivity contribution is 5.78. The lowest BCUT2D eigenvalue weighted by Crippen LogP contribution is -2.81. The zero-order valence-corrected chi connectivity index (χ0v) is 10.5. The minimum Gasteiger partial charge on any atom is -0.477 e. The normalized spacial score (nSPS) is 18.0. The first kappa shape index (κ1) is 23.4. The highest BCUT2D eigenvalue weighted by Crippen LogP contribution is 2.65. The van der Waals surface area contributed by atoms with Gasteiger partial charge >= 0.3 is 47.7 Å². The molecule has 150 valence electrons. The smallest absolute Gasteiger partial charge is 0.457 e. The fourth-order valence-corrected chi connectivity index (χ4v) is 1.52. The first-order chi connectivity index (χ1) is 10.4. The van der Waals surface area contributed by atoms with Crippen LogP contribution in [0.1, 0.15) is 0 Å². The van der Waals surface area contributed by atoms with Crippen LogP contribution in [0.15, 0.2) is 0 Å². The Hall–Kier alpha value is -1.58. The van der Waals surface area contributed by atoms with E-state index in [2.05, 4.69) is 0 Å². The van der Waals surface area contributed by atoms with Gasteiger partial charge in [0.05, 0.1) is 0 Å². The first-order valence-electron chi connectivity index (χ1n) is 5.01. The average molecular weight is 414 g/mol. The standard InChI is InChI=1S/C8HF15O2/c9-2(10,1(24)25)3(11,5(13,14)8(21,22)23)4(12,6(15,16)17)7(18,19)20/h(H,24,25). The molecule has 0 saturated carbocycles. The van der Waals surface area contributed by atoms with Crippen molar-refractivity contribution in [1.29, 1.82) is 0 Å². The molecular formula is C8HF15O2. The molecule has 17 heteroatoms. The molecule has 0 amide bonds. The van der Waals surface area contributed by atoms with E-state index < -0.39 is 47.7 Å². The summed E-state index contributed by atoms with van der Waals surface area (Å²) >= 11 is 0. The summed E-state index contributed by atoms with van der Waals surface area (Å²) in [6.45, 7) is 0. The molecule has 0 aliphatic heterocycles. The maximum Gasteiger partial charge on any atom is 0.457 e. The van der Waals surface area contributed by atoms with Crippen LogP contribution in [0.2, 0.25) is 0 Å². The number of carboxylic acid groups (broad SMARTS) is 1. The van der Waals surface area contributed by atoms with Crippen LogP contribution in [-0.4, -0.2) is 52.8 Å². The van der Waals surface area contributed by atoms with Crippen molar-refractivity contribution in [3.8, 4) is 0 Å². The molecule has 0 fully saturated rings. The van der Waals surface area contributed by atoms with Gasteiger partial charge in [-0.25, -0.2) is 13.6 Å². The molecule has 1 atom stereocenters. The van der Waals surface area contributed by atoms with Crippen LogP contribution >= 0.6 is 0 Å². The summed E-state index contributed by atoms with van der Waals surface area (Å²) in [5.74, 6) is -20.9. The Kier molecular flexibility index (Phi) is 5.11. The number of alkyl halides is 15. The van der Waals surface area contributed by atoms with Crippen molar-refractivity contribution in [2.75, 3.05) is 0 Å². The first-order valence-corrected chi connectivity index (χ1v) is 5.01. The second-order valence-electron chi connectivity index (χ2n) is 4.26. The lowest BCUT2D eigenvalue weighted by molar-refractivity contribution is -0.453. The molecule has 1 N–H and O–H groups in total. The number of hydrogen-bond donors (Lipinski definition) is 1. The maximum atomic E-state index is 13.7. The number of rotatable bonds is 4. The van der Waals surface area contributed by atoms with Crippen LogP contribution in [-0.2, 0) is 4.79 Å². The van der Waals surface area contributed by atoms with Crippen LogP contribution < -0.4 is 0 Å². The Morgan fingerprint density at radius 1 is 0.520 bits per heavy atom. The zero-order chi connectivity index (χ0) is 21.1. The van der Waals surface area contributed by atoms with Crippen molar-refractivity contribution >= 4 is 5.97 Å². The number of carbonyl (C=O) groups is 1. The summed E-state index contributed by atoms with van der Waals surface area (Å²) in [7, 11) is 0. The van der Waals surface area contributed by atoms with Crippen molar-refractivity contribution in [2.45, 2.75) is 41.7 Å². The van der Waals surface area contributed by atoms with Gasteiger partial charge in [0.2, 0.25) is 0 Å². The third kappa shape index (κ3) is 2.74. The van der Waals surface area contributed by atoms with Crippen LogP contribution in [0.3, 0.4) is 0 Å². The molecule has 0 spiro atoms. The molecule has 0 rings (SSSR count). The quantitative estimate of drug-likeness (QED) is 0.691. The largest absolute Gasteiger partial charge is 0.477 e. The number of carboxylic acids is 1. The van der Waals surface area contributed by atoms with Gasteiger partial charge in [-0.2, -0.15) is 57.1 Å². The summed E-state index contributed by atoms with van der Waals surface area (Å²) in [5.41, 5.74) is -17.3. The predicted molar refractivity (Wildman–Crippen MR) is 43.4 cm³/mol. The molecular weight excluding hydrogens is 413 g/mol.